The summed E-state index contributed by atoms with van der Waals surface area (Å²) in [4.78, 5) is 14.2. The number of piperidine rings is 1. The van der Waals surface area contributed by atoms with Crippen LogP contribution in [0.5, 0.6) is 0 Å². The van der Waals surface area contributed by atoms with Gasteiger partial charge in [-0.2, -0.15) is 0 Å². The van der Waals surface area contributed by atoms with Gasteiger partial charge in [-0.3, -0.25) is 9.69 Å². The zero-order valence-electron chi connectivity index (χ0n) is 14.0. The summed E-state index contributed by atoms with van der Waals surface area (Å²) in [7, 11) is 0. The summed E-state index contributed by atoms with van der Waals surface area (Å²) in [5.74, 6) is -0.167. The standard InChI is InChI=1S/C18H28N2O2/c1-18(2,3)22-17(21)13-19-16-9-11-20(12-10-16)14-15-7-5-4-6-8-15/h4-8,16,19H,9-14H2,1-3H3. The molecule has 1 N–H and O–H groups in total. The smallest absolute Gasteiger partial charge is 0.320 e. The summed E-state index contributed by atoms with van der Waals surface area (Å²) in [6, 6.07) is 11.0. The highest BCUT2D eigenvalue weighted by atomic mass is 16.6. The van der Waals surface area contributed by atoms with E-state index in [4.69, 9.17) is 4.74 Å². The number of rotatable bonds is 5. The minimum absolute atomic E-state index is 0.167. The monoisotopic (exact) mass is 304 g/mol. The fourth-order valence-corrected chi connectivity index (χ4v) is 2.74. The second-order valence-electron chi connectivity index (χ2n) is 7.00. The summed E-state index contributed by atoms with van der Waals surface area (Å²) in [6.45, 7) is 9.15. The summed E-state index contributed by atoms with van der Waals surface area (Å²) in [5.41, 5.74) is 0.959. The van der Waals surface area contributed by atoms with Crippen LogP contribution in [0, 0.1) is 0 Å². The molecule has 1 heterocycles. The summed E-state index contributed by atoms with van der Waals surface area (Å²) in [5, 5.41) is 3.33. The van der Waals surface area contributed by atoms with Crippen LogP contribution >= 0.6 is 0 Å². The van der Waals surface area contributed by atoms with E-state index in [-0.39, 0.29) is 5.97 Å². The number of carbonyl (C=O) groups is 1. The highest BCUT2D eigenvalue weighted by Crippen LogP contribution is 2.14. The van der Waals surface area contributed by atoms with Gasteiger partial charge in [0.25, 0.3) is 0 Å². The molecule has 1 aromatic rings. The van der Waals surface area contributed by atoms with E-state index in [1.807, 2.05) is 20.8 Å². The number of nitrogens with zero attached hydrogens (tertiary/aromatic N) is 1. The maximum atomic E-state index is 11.7. The minimum atomic E-state index is -0.405. The van der Waals surface area contributed by atoms with Crippen molar-refractivity contribution < 1.29 is 9.53 Å². The lowest BCUT2D eigenvalue weighted by Crippen LogP contribution is -2.44. The number of hydrogen-bond acceptors (Lipinski definition) is 4. The molecule has 22 heavy (non-hydrogen) atoms. The number of nitrogens with one attached hydrogen (secondary N) is 1. The molecule has 0 aromatic heterocycles. The Labute approximate surface area is 133 Å². The first kappa shape index (κ1) is 17.0. The third-order valence-corrected chi connectivity index (χ3v) is 3.79. The lowest BCUT2D eigenvalue weighted by molar-refractivity contribution is -0.153. The number of benzene rings is 1. The van der Waals surface area contributed by atoms with Gasteiger partial charge < -0.3 is 10.1 Å². The Kier molecular flexibility index (Phi) is 5.98. The molecule has 4 heteroatoms. The molecule has 4 nitrogen and oxygen atoms in total. The molecule has 0 unspecified atom stereocenters. The highest BCUT2D eigenvalue weighted by molar-refractivity contribution is 5.72. The van der Waals surface area contributed by atoms with Gasteiger partial charge in [-0.15, -0.1) is 0 Å². The maximum Gasteiger partial charge on any atom is 0.320 e. The number of likely N-dealkylation sites (tertiary alicyclic amines) is 1. The Hall–Kier alpha value is -1.39. The first-order valence-corrected chi connectivity index (χ1v) is 8.14. The fraction of sp³-hybridized carbons (Fsp3) is 0.611. The average Bonchev–Trinajstić information content (AvgIpc) is 2.46. The maximum absolute atomic E-state index is 11.7. The lowest BCUT2D eigenvalue weighted by atomic mass is 10.0. The fourth-order valence-electron chi connectivity index (χ4n) is 2.74. The van der Waals surface area contributed by atoms with Crippen LogP contribution in [-0.4, -0.2) is 42.1 Å². The van der Waals surface area contributed by atoms with Crippen LogP contribution in [0.4, 0.5) is 0 Å². The molecule has 0 bridgehead atoms. The lowest BCUT2D eigenvalue weighted by Gasteiger charge is -2.32. The van der Waals surface area contributed by atoms with Crippen LogP contribution in [0.25, 0.3) is 0 Å². The van der Waals surface area contributed by atoms with Crippen LogP contribution in [0.2, 0.25) is 0 Å². The Morgan fingerprint density at radius 1 is 1.23 bits per heavy atom. The van der Waals surface area contributed by atoms with Gasteiger partial charge in [0, 0.05) is 12.6 Å². The van der Waals surface area contributed by atoms with Crippen LogP contribution in [0.15, 0.2) is 30.3 Å². The largest absolute Gasteiger partial charge is 0.459 e. The number of hydrogen-bond donors (Lipinski definition) is 1. The topological polar surface area (TPSA) is 41.6 Å². The quantitative estimate of drug-likeness (QED) is 0.849. The molecule has 0 radical (unpaired) electrons. The van der Waals surface area contributed by atoms with E-state index < -0.39 is 5.60 Å². The van der Waals surface area contributed by atoms with Crippen molar-refractivity contribution in [2.45, 2.75) is 51.8 Å². The molecule has 2 rings (SSSR count). The van der Waals surface area contributed by atoms with Crippen LogP contribution in [-0.2, 0) is 16.1 Å². The van der Waals surface area contributed by atoms with Crippen molar-refractivity contribution >= 4 is 5.97 Å². The SMILES string of the molecule is CC(C)(C)OC(=O)CNC1CCN(Cc2ccccc2)CC1. The van der Waals surface area contributed by atoms with Crippen molar-refractivity contribution in [3.8, 4) is 0 Å². The van der Waals surface area contributed by atoms with E-state index in [1.54, 1.807) is 0 Å². The van der Waals surface area contributed by atoms with E-state index in [2.05, 4.69) is 40.5 Å². The van der Waals surface area contributed by atoms with E-state index in [1.165, 1.54) is 5.56 Å². The summed E-state index contributed by atoms with van der Waals surface area (Å²) < 4.78 is 5.32. The van der Waals surface area contributed by atoms with E-state index in [0.29, 0.717) is 12.6 Å². The number of carbonyl (C=O) groups excluding carboxylic acids is 1. The molecule has 1 aliphatic rings. The molecular weight excluding hydrogens is 276 g/mol. The molecule has 0 aliphatic carbocycles. The third-order valence-electron chi connectivity index (χ3n) is 3.79. The molecule has 0 saturated carbocycles. The number of esters is 1. The Bertz CT molecular complexity index is 460. The van der Waals surface area contributed by atoms with Gasteiger partial charge in [-0.05, 0) is 52.3 Å². The van der Waals surface area contributed by atoms with Crippen molar-refractivity contribution in [1.82, 2.24) is 10.2 Å². The van der Waals surface area contributed by atoms with Gasteiger partial charge in [0.05, 0.1) is 6.54 Å². The summed E-state index contributed by atoms with van der Waals surface area (Å²) in [6.07, 6.45) is 2.16. The molecule has 1 aromatic carbocycles. The van der Waals surface area contributed by atoms with Gasteiger partial charge in [0.15, 0.2) is 0 Å². The second kappa shape index (κ2) is 7.75. The highest BCUT2D eigenvalue weighted by Gasteiger charge is 2.21. The van der Waals surface area contributed by atoms with E-state index in [9.17, 15) is 4.79 Å². The normalized spacial score (nSPS) is 17.4. The molecule has 1 saturated heterocycles. The van der Waals surface area contributed by atoms with Crippen LogP contribution in [0.1, 0.15) is 39.2 Å². The Morgan fingerprint density at radius 3 is 2.45 bits per heavy atom. The minimum Gasteiger partial charge on any atom is -0.459 e. The first-order chi connectivity index (χ1) is 10.4. The van der Waals surface area contributed by atoms with Gasteiger partial charge in [0.1, 0.15) is 5.60 Å². The molecule has 1 fully saturated rings. The molecule has 1 aliphatic heterocycles. The molecule has 122 valence electrons. The Balaban J connectivity index is 1.66. The molecular formula is C18H28N2O2. The predicted molar refractivity (Wildman–Crippen MR) is 88.6 cm³/mol. The zero-order valence-corrected chi connectivity index (χ0v) is 14.0. The third kappa shape index (κ3) is 6.16. The molecule has 0 spiro atoms. The van der Waals surface area contributed by atoms with Gasteiger partial charge in [-0.1, -0.05) is 30.3 Å². The Morgan fingerprint density at radius 2 is 1.86 bits per heavy atom. The zero-order chi connectivity index (χ0) is 16.0. The average molecular weight is 304 g/mol. The van der Waals surface area contributed by atoms with Crippen molar-refractivity contribution in [2.24, 2.45) is 0 Å². The van der Waals surface area contributed by atoms with Crippen molar-refractivity contribution in [1.29, 1.82) is 0 Å². The number of ether oxygens (including phenoxy) is 1. The molecule has 0 amide bonds. The van der Waals surface area contributed by atoms with Crippen LogP contribution in [0.3, 0.4) is 0 Å². The van der Waals surface area contributed by atoms with Crippen molar-refractivity contribution in [3.63, 3.8) is 0 Å². The predicted octanol–water partition coefficient (Wildman–Crippen LogP) is 2.58. The van der Waals surface area contributed by atoms with Gasteiger partial charge in [0.2, 0.25) is 0 Å². The van der Waals surface area contributed by atoms with E-state index in [0.717, 1.165) is 32.5 Å². The summed E-state index contributed by atoms with van der Waals surface area (Å²) >= 11 is 0. The van der Waals surface area contributed by atoms with Gasteiger partial charge in [-0.25, -0.2) is 0 Å². The second-order valence-corrected chi connectivity index (χ2v) is 7.00. The molecule has 0 atom stereocenters. The van der Waals surface area contributed by atoms with Crippen LogP contribution < -0.4 is 5.32 Å². The van der Waals surface area contributed by atoms with E-state index >= 15 is 0 Å². The van der Waals surface area contributed by atoms with Crippen molar-refractivity contribution in [3.05, 3.63) is 35.9 Å². The van der Waals surface area contributed by atoms with Gasteiger partial charge >= 0.3 is 5.97 Å². The van der Waals surface area contributed by atoms with Crippen molar-refractivity contribution in [2.75, 3.05) is 19.6 Å². The first-order valence-electron chi connectivity index (χ1n) is 8.14.